The SMILES string of the molecule is C=C1CC/C=C(/C)CCC2C1CC2(C)C.C=C1CC/C=C(\C)CCC2C1CC2(C)C. The van der Waals surface area contributed by atoms with Crippen LogP contribution in [0.2, 0.25) is 0 Å². The van der Waals surface area contributed by atoms with E-state index in [2.05, 4.69) is 66.9 Å². The monoisotopic (exact) mass is 408 g/mol. The van der Waals surface area contributed by atoms with Gasteiger partial charge >= 0.3 is 0 Å². The fourth-order valence-corrected chi connectivity index (χ4v) is 6.88. The number of rotatable bonds is 0. The first kappa shape index (κ1) is 23.6. The van der Waals surface area contributed by atoms with E-state index >= 15 is 0 Å². The number of fused-ring (bicyclic) bond motifs is 2. The largest absolute Gasteiger partial charge is 0.0996 e. The summed E-state index contributed by atoms with van der Waals surface area (Å²) in [7, 11) is 0. The first-order valence-corrected chi connectivity index (χ1v) is 12.7. The number of hydrogen-bond donors (Lipinski definition) is 0. The Bertz CT molecular complexity index is 648. The van der Waals surface area contributed by atoms with Crippen molar-refractivity contribution in [2.75, 3.05) is 0 Å². The Labute approximate surface area is 188 Å². The molecule has 0 heteroatoms. The van der Waals surface area contributed by atoms with Gasteiger partial charge in [0.25, 0.3) is 0 Å². The second kappa shape index (κ2) is 9.22. The number of hydrogen-bond acceptors (Lipinski definition) is 0. The molecule has 0 heterocycles. The minimum absolute atomic E-state index is 0.568. The third kappa shape index (κ3) is 5.23. The zero-order chi connectivity index (χ0) is 22.1. The van der Waals surface area contributed by atoms with Gasteiger partial charge in [0, 0.05) is 0 Å². The van der Waals surface area contributed by atoms with E-state index in [-0.39, 0.29) is 0 Å². The second-order valence-corrected chi connectivity index (χ2v) is 12.4. The predicted octanol–water partition coefficient (Wildman–Crippen LogP) is 9.45. The summed E-state index contributed by atoms with van der Waals surface area (Å²) >= 11 is 0. The molecule has 4 rings (SSSR count). The molecular weight excluding hydrogens is 360 g/mol. The Morgan fingerprint density at radius 3 is 1.37 bits per heavy atom. The van der Waals surface area contributed by atoms with Gasteiger partial charge in [0.15, 0.2) is 0 Å². The maximum Gasteiger partial charge on any atom is -0.0167 e. The average Bonchev–Trinajstić information content (AvgIpc) is 2.73. The molecule has 30 heavy (non-hydrogen) atoms. The zero-order valence-electron chi connectivity index (χ0n) is 20.9. The molecule has 0 saturated heterocycles. The van der Waals surface area contributed by atoms with Gasteiger partial charge in [-0.25, -0.2) is 0 Å². The van der Waals surface area contributed by atoms with Gasteiger partial charge in [-0.1, -0.05) is 75.3 Å². The highest BCUT2D eigenvalue weighted by Gasteiger charge is 2.48. The van der Waals surface area contributed by atoms with E-state index in [1.165, 1.54) is 75.4 Å². The maximum atomic E-state index is 4.30. The van der Waals surface area contributed by atoms with Crippen LogP contribution in [0.5, 0.6) is 0 Å². The van der Waals surface area contributed by atoms with Gasteiger partial charge in [-0.2, -0.15) is 0 Å². The molecule has 0 N–H and O–H groups in total. The van der Waals surface area contributed by atoms with E-state index in [4.69, 9.17) is 0 Å². The summed E-state index contributed by atoms with van der Waals surface area (Å²) in [6.45, 7) is 22.9. The van der Waals surface area contributed by atoms with Gasteiger partial charge in [-0.05, 0) is 113 Å². The highest BCUT2D eigenvalue weighted by Crippen LogP contribution is 2.57. The molecule has 0 aromatic rings. The van der Waals surface area contributed by atoms with Crippen molar-refractivity contribution in [3.63, 3.8) is 0 Å². The first-order chi connectivity index (χ1) is 14.0. The molecule has 2 saturated carbocycles. The van der Waals surface area contributed by atoms with Gasteiger partial charge in [0.1, 0.15) is 0 Å². The van der Waals surface area contributed by atoms with Crippen LogP contribution in [-0.4, -0.2) is 0 Å². The van der Waals surface area contributed by atoms with E-state index in [0.29, 0.717) is 10.8 Å². The van der Waals surface area contributed by atoms with Crippen molar-refractivity contribution in [1.29, 1.82) is 0 Å². The van der Waals surface area contributed by atoms with Crippen LogP contribution in [0.15, 0.2) is 47.6 Å². The number of allylic oxidation sites excluding steroid dienone is 6. The molecule has 168 valence electrons. The van der Waals surface area contributed by atoms with Crippen LogP contribution in [0.1, 0.15) is 106 Å². The van der Waals surface area contributed by atoms with Crippen molar-refractivity contribution in [2.45, 2.75) is 106 Å². The van der Waals surface area contributed by atoms with E-state index in [9.17, 15) is 0 Å². The summed E-state index contributed by atoms with van der Waals surface area (Å²) < 4.78 is 0. The normalized spacial score (nSPS) is 38.9. The van der Waals surface area contributed by atoms with E-state index in [1.54, 1.807) is 11.1 Å². The van der Waals surface area contributed by atoms with Gasteiger partial charge in [0.2, 0.25) is 0 Å². The van der Waals surface area contributed by atoms with Crippen LogP contribution in [0.4, 0.5) is 0 Å². The molecule has 0 aromatic carbocycles. The lowest BCUT2D eigenvalue weighted by Crippen LogP contribution is -2.44. The molecule has 0 radical (unpaired) electrons. The van der Waals surface area contributed by atoms with Crippen molar-refractivity contribution < 1.29 is 0 Å². The van der Waals surface area contributed by atoms with Crippen LogP contribution >= 0.6 is 0 Å². The van der Waals surface area contributed by atoms with Crippen LogP contribution in [0.3, 0.4) is 0 Å². The molecule has 2 fully saturated rings. The Hall–Kier alpha value is -1.04. The zero-order valence-corrected chi connectivity index (χ0v) is 20.9. The van der Waals surface area contributed by atoms with Gasteiger partial charge < -0.3 is 0 Å². The fraction of sp³-hybridized carbons (Fsp3) is 0.733. The quantitative estimate of drug-likeness (QED) is 0.350. The molecular formula is C30H48. The molecule has 0 bridgehead atoms. The third-order valence-corrected chi connectivity index (χ3v) is 9.14. The molecule has 0 spiro atoms. The highest BCUT2D eigenvalue weighted by molar-refractivity contribution is 5.17. The standard InChI is InChI=1S/2C15H24/c2*1-11-6-5-7-12(2)13-10-15(3,4)14(13)9-8-11/h2*6,13-14H,2,5,7-10H2,1,3-4H3/b11-6+;11-6-. The topological polar surface area (TPSA) is 0 Å². The molecule has 0 aromatic heterocycles. The van der Waals surface area contributed by atoms with Crippen molar-refractivity contribution in [1.82, 2.24) is 0 Å². The maximum absolute atomic E-state index is 4.30. The minimum Gasteiger partial charge on any atom is -0.0996 e. The van der Waals surface area contributed by atoms with E-state index in [0.717, 1.165) is 23.7 Å². The van der Waals surface area contributed by atoms with Crippen LogP contribution in [-0.2, 0) is 0 Å². The van der Waals surface area contributed by atoms with Crippen molar-refractivity contribution in [2.24, 2.45) is 34.5 Å². The average molecular weight is 409 g/mol. The van der Waals surface area contributed by atoms with Crippen molar-refractivity contribution >= 4 is 0 Å². The van der Waals surface area contributed by atoms with E-state index in [1.807, 2.05) is 0 Å². The van der Waals surface area contributed by atoms with E-state index < -0.39 is 0 Å². The molecule has 4 atom stereocenters. The third-order valence-electron chi connectivity index (χ3n) is 9.14. The summed E-state index contributed by atoms with van der Waals surface area (Å²) in [4.78, 5) is 0. The summed E-state index contributed by atoms with van der Waals surface area (Å²) in [6, 6.07) is 0. The van der Waals surface area contributed by atoms with Crippen molar-refractivity contribution in [3.8, 4) is 0 Å². The van der Waals surface area contributed by atoms with Gasteiger partial charge in [-0.15, -0.1) is 0 Å². The minimum atomic E-state index is 0.568. The predicted molar refractivity (Wildman–Crippen MR) is 133 cm³/mol. The summed E-state index contributed by atoms with van der Waals surface area (Å²) in [5.74, 6) is 3.46. The van der Waals surface area contributed by atoms with Crippen LogP contribution < -0.4 is 0 Å². The Kier molecular flexibility index (Phi) is 7.26. The fourth-order valence-electron chi connectivity index (χ4n) is 6.88. The smallest absolute Gasteiger partial charge is 0.0167 e. The van der Waals surface area contributed by atoms with Gasteiger partial charge in [0.05, 0.1) is 0 Å². The Morgan fingerprint density at radius 1 is 0.667 bits per heavy atom. The molecule has 4 unspecified atom stereocenters. The van der Waals surface area contributed by atoms with Crippen LogP contribution in [0.25, 0.3) is 0 Å². The van der Waals surface area contributed by atoms with Crippen LogP contribution in [0, 0.1) is 34.5 Å². The lowest BCUT2D eigenvalue weighted by Gasteiger charge is -2.53. The summed E-state index contributed by atoms with van der Waals surface area (Å²) in [6.07, 6.45) is 17.8. The van der Waals surface area contributed by atoms with Gasteiger partial charge in [-0.3, -0.25) is 0 Å². The Balaban J connectivity index is 0.000000171. The summed E-state index contributed by atoms with van der Waals surface area (Å²) in [5, 5.41) is 0. The molecule has 0 nitrogen and oxygen atoms in total. The molecule has 4 aliphatic rings. The Morgan fingerprint density at radius 2 is 1.03 bits per heavy atom. The molecule has 0 aliphatic heterocycles. The first-order valence-electron chi connectivity index (χ1n) is 12.7. The summed E-state index contributed by atoms with van der Waals surface area (Å²) in [5.41, 5.74) is 7.35. The lowest BCUT2D eigenvalue weighted by molar-refractivity contribution is 0.00377. The molecule has 4 aliphatic carbocycles. The van der Waals surface area contributed by atoms with Crippen molar-refractivity contribution in [3.05, 3.63) is 47.6 Å². The highest BCUT2D eigenvalue weighted by atomic mass is 14.5. The second-order valence-electron chi connectivity index (χ2n) is 12.4. The lowest BCUT2D eigenvalue weighted by atomic mass is 9.52. The molecule has 0 amide bonds.